The highest BCUT2D eigenvalue weighted by Gasteiger charge is 2.13. The van der Waals surface area contributed by atoms with Gasteiger partial charge in [0, 0.05) is 19.3 Å². The molecule has 0 atom stereocenters. The number of nitrogen functional groups attached to an aromatic ring is 1. The summed E-state index contributed by atoms with van der Waals surface area (Å²) < 4.78 is 0. The first-order valence-electron chi connectivity index (χ1n) is 8.00. The van der Waals surface area contributed by atoms with Crippen molar-refractivity contribution in [3.63, 3.8) is 0 Å². The van der Waals surface area contributed by atoms with Crippen LogP contribution < -0.4 is 16.0 Å². The number of hydrogen-bond acceptors (Lipinski definition) is 6. The van der Waals surface area contributed by atoms with Gasteiger partial charge in [0.25, 0.3) is 0 Å². The van der Waals surface area contributed by atoms with Crippen LogP contribution in [0.25, 0.3) is 0 Å². The van der Waals surface area contributed by atoms with Crippen LogP contribution in [0.5, 0.6) is 0 Å². The van der Waals surface area contributed by atoms with Crippen LogP contribution in [0, 0.1) is 0 Å². The zero-order valence-corrected chi connectivity index (χ0v) is 14.3. The Bertz CT molecular complexity index is 898. The number of aromatic nitrogens is 2. The van der Waals surface area contributed by atoms with Crippen LogP contribution in [0.4, 0.5) is 23.0 Å². The molecule has 0 aliphatic carbocycles. The van der Waals surface area contributed by atoms with E-state index in [1.165, 1.54) is 18.5 Å². The minimum absolute atomic E-state index is 0.217. The third-order valence-electron chi connectivity index (χ3n) is 3.88. The van der Waals surface area contributed by atoms with Gasteiger partial charge >= 0.3 is 5.97 Å². The Balaban J connectivity index is 1.79. The third kappa shape index (κ3) is 3.89. The van der Waals surface area contributed by atoms with Crippen molar-refractivity contribution in [1.82, 2.24) is 9.97 Å². The maximum atomic E-state index is 10.9. The molecule has 0 spiro atoms. The molecule has 0 aliphatic rings. The molecular formula is C19H19N5O2. The predicted octanol–water partition coefficient (Wildman–Crippen LogP) is 3.14. The normalized spacial score (nSPS) is 10.3. The standard InChI is InChI=1S/C19H19N5O2/c1-24(11-13-5-3-2-4-6-13)18-16(20)17(21-12-22-18)23-15-9-7-14(8-10-15)19(25)26/h2-10,12H,11,20H2,1H3,(H,25,26)(H,21,22,23). The van der Waals surface area contributed by atoms with Crippen LogP contribution in [0.1, 0.15) is 15.9 Å². The Hall–Kier alpha value is -3.61. The monoisotopic (exact) mass is 349 g/mol. The summed E-state index contributed by atoms with van der Waals surface area (Å²) in [5.41, 5.74) is 8.72. The number of hydrogen-bond donors (Lipinski definition) is 3. The average Bonchev–Trinajstić information content (AvgIpc) is 2.64. The fourth-order valence-electron chi connectivity index (χ4n) is 2.56. The summed E-state index contributed by atoms with van der Waals surface area (Å²) in [6.07, 6.45) is 1.45. The van der Waals surface area contributed by atoms with Crippen molar-refractivity contribution in [1.29, 1.82) is 0 Å². The lowest BCUT2D eigenvalue weighted by Crippen LogP contribution is -2.20. The Morgan fingerprint density at radius 2 is 1.81 bits per heavy atom. The Labute approximate surface area is 151 Å². The van der Waals surface area contributed by atoms with Gasteiger partial charge in [-0.15, -0.1) is 0 Å². The van der Waals surface area contributed by atoms with Crippen molar-refractivity contribution < 1.29 is 9.90 Å². The second-order valence-corrected chi connectivity index (χ2v) is 5.81. The van der Waals surface area contributed by atoms with Crippen LogP contribution in [-0.2, 0) is 6.54 Å². The summed E-state index contributed by atoms with van der Waals surface area (Å²) in [7, 11) is 1.91. The summed E-state index contributed by atoms with van der Waals surface area (Å²) in [6, 6.07) is 16.4. The van der Waals surface area contributed by atoms with E-state index in [1.54, 1.807) is 12.1 Å². The highest BCUT2D eigenvalue weighted by atomic mass is 16.4. The summed E-state index contributed by atoms with van der Waals surface area (Å²) in [4.78, 5) is 21.4. The summed E-state index contributed by atoms with van der Waals surface area (Å²) in [6.45, 7) is 0.662. The number of nitrogens with one attached hydrogen (secondary N) is 1. The molecule has 0 saturated carbocycles. The molecule has 1 aromatic heterocycles. The zero-order chi connectivity index (χ0) is 18.5. The molecule has 7 heteroatoms. The molecule has 0 unspecified atom stereocenters. The molecule has 4 N–H and O–H groups in total. The molecule has 0 radical (unpaired) electrons. The van der Waals surface area contributed by atoms with Gasteiger partial charge < -0.3 is 21.1 Å². The number of nitrogens with zero attached hydrogens (tertiary/aromatic N) is 3. The molecule has 0 saturated heterocycles. The highest BCUT2D eigenvalue weighted by Crippen LogP contribution is 2.28. The number of nitrogens with two attached hydrogens (primary N) is 1. The quantitative estimate of drug-likeness (QED) is 0.628. The molecule has 0 amide bonds. The SMILES string of the molecule is CN(Cc1ccccc1)c1ncnc(Nc2ccc(C(=O)O)cc2)c1N. The number of carbonyl (C=O) groups is 1. The van der Waals surface area contributed by atoms with Gasteiger partial charge in [0.2, 0.25) is 0 Å². The molecule has 1 heterocycles. The lowest BCUT2D eigenvalue weighted by molar-refractivity contribution is 0.0697. The minimum Gasteiger partial charge on any atom is -0.478 e. The minimum atomic E-state index is -0.970. The molecule has 3 rings (SSSR count). The maximum absolute atomic E-state index is 10.9. The average molecular weight is 349 g/mol. The topological polar surface area (TPSA) is 104 Å². The van der Waals surface area contributed by atoms with Gasteiger partial charge in [0.15, 0.2) is 11.6 Å². The molecule has 132 valence electrons. The molecule has 26 heavy (non-hydrogen) atoms. The van der Waals surface area contributed by atoms with Gasteiger partial charge in [0.1, 0.15) is 12.0 Å². The predicted molar refractivity (Wildman–Crippen MR) is 102 cm³/mol. The molecular weight excluding hydrogens is 330 g/mol. The first kappa shape index (κ1) is 17.2. The van der Waals surface area contributed by atoms with Gasteiger partial charge in [-0.1, -0.05) is 30.3 Å². The number of anilines is 4. The van der Waals surface area contributed by atoms with E-state index in [9.17, 15) is 4.79 Å². The molecule has 2 aromatic carbocycles. The summed E-state index contributed by atoms with van der Waals surface area (Å²) in [5.74, 6) is 0.120. The first-order valence-corrected chi connectivity index (χ1v) is 8.00. The van der Waals surface area contributed by atoms with E-state index < -0.39 is 5.97 Å². The van der Waals surface area contributed by atoms with Crippen LogP contribution in [-0.4, -0.2) is 28.1 Å². The highest BCUT2D eigenvalue weighted by molar-refractivity contribution is 5.88. The lowest BCUT2D eigenvalue weighted by atomic mass is 10.2. The van der Waals surface area contributed by atoms with E-state index in [-0.39, 0.29) is 5.56 Å². The maximum Gasteiger partial charge on any atom is 0.335 e. The van der Waals surface area contributed by atoms with E-state index in [0.717, 1.165) is 5.56 Å². The fourth-order valence-corrected chi connectivity index (χ4v) is 2.56. The second kappa shape index (κ2) is 7.52. The number of rotatable bonds is 6. The van der Waals surface area contributed by atoms with Gasteiger partial charge in [-0.3, -0.25) is 0 Å². The number of benzene rings is 2. The zero-order valence-electron chi connectivity index (χ0n) is 14.3. The largest absolute Gasteiger partial charge is 0.478 e. The number of aromatic carboxylic acids is 1. The van der Waals surface area contributed by atoms with Gasteiger partial charge in [0.05, 0.1) is 5.56 Å². The van der Waals surface area contributed by atoms with Gasteiger partial charge in [-0.05, 0) is 29.8 Å². The van der Waals surface area contributed by atoms with Crippen molar-refractivity contribution in [3.05, 3.63) is 72.1 Å². The molecule has 7 nitrogen and oxygen atoms in total. The molecule has 0 fully saturated rings. The van der Waals surface area contributed by atoms with Crippen molar-refractivity contribution in [2.75, 3.05) is 23.0 Å². The van der Waals surface area contributed by atoms with Gasteiger partial charge in [-0.2, -0.15) is 0 Å². The van der Waals surface area contributed by atoms with Crippen molar-refractivity contribution >= 4 is 29.0 Å². The Kier molecular flexibility index (Phi) is 4.98. The Morgan fingerprint density at radius 3 is 2.46 bits per heavy atom. The molecule has 3 aromatic rings. The van der Waals surface area contributed by atoms with E-state index in [0.29, 0.717) is 29.6 Å². The van der Waals surface area contributed by atoms with Crippen LogP contribution in [0.3, 0.4) is 0 Å². The van der Waals surface area contributed by atoms with E-state index in [2.05, 4.69) is 15.3 Å². The Morgan fingerprint density at radius 1 is 1.12 bits per heavy atom. The lowest BCUT2D eigenvalue weighted by Gasteiger charge is -2.21. The van der Waals surface area contributed by atoms with Crippen LogP contribution in [0.15, 0.2) is 60.9 Å². The second-order valence-electron chi connectivity index (χ2n) is 5.81. The number of carboxylic acids is 1. The van der Waals surface area contributed by atoms with Crippen LogP contribution >= 0.6 is 0 Å². The van der Waals surface area contributed by atoms with E-state index >= 15 is 0 Å². The van der Waals surface area contributed by atoms with Crippen LogP contribution in [0.2, 0.25) is 0 Å². The summed E-state index contributed by atoms with van der Waals surface area (Å²) >= 11 is 0. The van der Waals surface area contributed by atoms with Crippen molar-refractivity contribution in [2.45, 2.75) is 6.54 Å². The van der Waals surface area contributed by atoms with Gasteiger partial charge in [-0.25, -0.2) is 14.8 Å². The van der Waals surface area contributed by atoms with Crippen molar-refractivity contribution in [3.8, 4) is 0 Å². The summed E-state index contributed by atoms with van der Waals surface area (Å²) in [5, 5.41) is 12.1. The smallest absolute Gasteiger partial charge is 0.335 e. The van der Waals surface area contributed by atoms with Crippen molar-refractivity contribution in [2.24, 2.45) is 0 Å². The molecule has 0 aliphatic heterocycles. The molecule has 0 bridgehead atoms. The number of carboxylic acid groups (broad SMARTS) is 1. The van der Waals surface area contributed by atoms with E-state index in [1.807, 2.05) is 42.3 Å². The first-order chi connectivity index (χ1) is 12.5. The fraction of sp³-hybridized carbons (Fsp3) is 0.105. The third-order valence-corrected chi connectivity index (χ3v) is 3.88. The van der Waals surface area contributed by atoms with E-state index in [4.69, 9.17) is 10.8 Å².